The molecule has 0 heterocycles. The summed E-state index contributed by atoms with van der Waals surface area (Å²) in [5.41, 5.74) is 0. The van der Waals surface area contributed by atoms with Crippen LogP contribution in [0.5, 0.6) is 0 Å². The molecule has 0 bridgehead atoms. The van der Waals surface area contributed by atoms with Crippen molar-refractivity contribution in [1.82, 2.24) is 0 Å². The van der Waals surface area contributed by atoms with Crippen LogP contribution in [0.25, 0.3) is 0 Å². The van der Waals surface area contributed by atoms with Crippen molar-refractivity contribution in [3.8, 4) is 0 Å². The highest BCUT2D eigenvalue weighted by atomic mass is 35.5. The van der Waals surface area contributed by atoms with Crippen molar-refractivity contribution in [3.05, 3.63) is 23.2 Å². The van der Waals surface area contributed by atoms with Crippen LogP contribution in [-0.2, 0) is 0 Å². The summed E-state index contributed by atoms with van der Waals surface area (Å²) < 4.78 is 0.108. The molecule has 0 amide bonds. The van der Waals surface area contributed by atoms with Crippen LogP contribution in [0.2, 0.25) is 0 Å². The average molecular weight is 181 g/mol. The molecule has 0 aromatic rings. The van der Waals surface area contributed by atoms with Gasteiger partial charge in [0.1, 0.15) is 4.49 Å². The van der Waals surface area contributed by atoms with Gasteiger partial charge in [-0.3, -0.25) is 0 Å². The highest BCUT2D eigenvalue weighted by Gasteiger charge is 1.97. The second-order valence-electron chi connectivity index (χ2n) is 1.89. The second-order valence-corrected chi connectivity index (χ2v) is 2.90. The van der Waals surface area contributed by atoms with Gasteiger partial charge in [0.05, 0.1) is 6.10 Å². The van der Waals surface area contributed by atoms with Gasteiger partial charge in [0, 0.05) is 0 Å². The maximum Gasteiger partial charge on any atom is 0.105 e. The first-order chi connectivity index (χ1) is 4.66. The molecule has 0 aliphatic rings. The average Bonchev–Trinajstić information content (AvgIpc) is 1.82. The molecule has 1 atom stereocenters. The normalized spacial score (nSPS) is 12.3. The lowest BCUT2D eigenvalue weighted by Crippen LogP contribution is -2.00. The van der Waals surface area contributed by atoms with Crippen molar-refractivity contribution in [1.29, 1.82) is 0 Å². The fourth-order valence-electron chi connectivity index (χ4n) is 0.517. The first kappa shape index (κ1) is 10.0. The number of aliphatic hydroxyl groups excluding tert-OH is 1. The summed E-state index contributed by atoms with van der Waals surface area (Å²) in [6.07, 6.45) is 3.96. The summed E-state index contributed by atoms with van der Waals surface area (Å²) in [4.78, 5) is 0. The Morgan fingerprint density at radius 3 is 2.60 bits per heavy atom. The lowest BCUT2D eigenvalue weighted by atomic mass is 10.2. The number of rotatable bonds is 4. The quantitative estimate of drug-likeness (QED) is 0.661. The van der Waals surface area contributed by atoms with Gasteiger partial charge < -0.3 is 5.11 Å². The molecule has 0 aliphatic carbocycles. The Hall–Kier alpha value is 0.0200. The number of aliphatic hydroxyl groups is 1. The largest absolute Gasteiger partial charge is 0.389 e. The number of allylic oxidation sites excluding steroid dienone is 1. The lowest BCUT2D eigenvalue weighted by molar-refractivity contribution is 0.214. The predicted molar refractivity (Wildman–Crippen MR) is 45.2 cm³/mol. The van der Waals surface area contributed by atoms with Gasteiger partial charge in [-0.1, -0.05) is 29.3 Å². The molecule has 10 heavy (non-hydrogen) atoms. The third-order valence-electron chi connectivity index (χ3n) is 0.985. The van der Waals surface area contributed by atoms with Crippen LogP contribution < -0.4 is 0 Å². The molecule has 0 aromatic heterocycles. The number of halogens is 2. The van der Waals surface area contributed by atoms with Gasteiger partial charge >= 0.3 is 0 Å². The Balaban J connectivity index is 3.52. The highest BCUT2D eigenvalue weighted by Crippen LogP contribution is 2.10. The predicted octanol–water partition coefficient (Wildman–Crippen LogP) is 2.63. The van der Waals surface area contributed by atoms with Crippen LogP contribution in [0.3, 0.4) is 0 Å². The molecule has 0 spiro atoms. The van der Waals surface area contributed by atoms with Crippen molar-refractivity contribution in [2.45, 2.75) is 18.9 Å². The van der Waals surface area contributed by atoms with E-state index in [0.717, 1.165) is 6.42 Å². The molecular weight excluding hydrogens is 171 g/mol. The zero-order valence-corrected chi connectivity index (χ0v) is 7.07. The van der Waals surface area contributed by atoms with E-state index in [1.165, 1.54) is 6.08 Å². The molecule has 3 heteroatoms. The highest BCUT2D eigenvalue weighted by molar-refractivity contribution is 6.55. The maximum absolute atomic E-state index is 9.06. The van der Waals surface area contributed by atoms with E-state index in [0.29, 0.717) is 6.42 Å². The van der Waals surface area contributed by atoms with Crippen LogP contribution in [0.15, 0.2) is 23.2 Å². The van der Waals surface area contributed by atoms with E-state index < -0.39 is 6.10 Å². The second kappa shape index (κ2) is 5.78. The molecule has 0 saturated carbocycles. The van der Waals surface area contributed by atoms with Crippen molar-refractivity contribution < 1.29 is 5.11 Å². The fraction of sp³-hybridized carbons (Fsp3) is 0.429. The molecule has 1 nitrogen and oxygen atoms in total. The Kier molecular flexibility index (Phi) is 5.79. The third kappa shape index (κ3) is 6.14. The molecule has 1 unspecified atom stereocenters. The topological polar surface area (TPSA) is 20.2 Å². The summed E-state index contributed by atoms with van der Waals surface area (Å²) in [5, 5.41) is 9.06. The summed E-state index contributed by atoms with van der Waals surface area (Å²) in [6, 6.07) is 0. The van der Waals surface area contributed by atoms with E-state index in [9.17, 15) is 0 Å². The van der Waals surface area contributed by atoms with Crippen molar-refractivity contribution in [2.24, 2.45) is 0 Å². The maximum atomic E-state index is 9.06. The lowest BCUT2D eigenvalue weighted by Gasteiger charge is -2.00. The van der Waals surface area contributed by atoms with E-state index in [2.05, 4.69) is 6.58 Å². The van der Waals surface area contributed by atoms with Crippen LogP contribution in [0.4, 0.5) is 0 Å². The summed E-state index contributed by atoms with van der Waals surface area (Å²) in [7, 11) is 0. The standard InChI is InChI=1S/C7H10Cl2O/c1-2-3-4-6(10)5-7(8)9/h2,5-6,10H,1,3-4H2. The summed E-state index contributed by atoms with van der Waals surface area (Å²) in [5.74, 6) is 0. The molecule has 0 aromatic carbocycles. The Morgan fingerprint density at radius 2 is 2.20 bits per heavy atom. The molecule has 1 N–H and O–H groups in total. The molecule has 58 valence electrons. The fourth-order valence-corrected chi connectivity index (χ4v) is 0.808. The van der Waals surface area contributed by atoms with Gasteiger partial charge in [-0.2, -0.15) is 0 Å². The number of hydrogen-bond donors (Lipinski definition) is 1. The van der Waals surface area contributed by atoms with Crippen molar-refractivity contribution >= 4 is 23.2 Å². The number of hydrogen-bond acceptors (Lipinski definition) is 1. The summed E-state index contributed by atoms with van der Waals surface area (Å²) >= 11 is 10.6. The van der Waals surface area contributed by atoms with Gasteiger partial charge in [-0.25, -0.2) is 0 Å². The molecule has 0 rings (SSSR count). The summed E-state index contributed by atoms with van der Waals surface area (Å²) in [6.45, 7) is 3.51. The van der Waals surface area contributed by atoms with Gasteiger partial charge in [0.25, 0.3) is 0 Å². The Bertz CT molecular complexity index is 128. The SMILES string of the molecule is C=CCCC(O)C=C(Cl)Cl. The van der Waals surface area contributed by atoms with Gasteiger partial charge in [-0.15, -0.1) is 6.58 Å². The van der Waals surface area contributed by atoms with E-state index in [-0.39, 0.29) is 4.49 Å². The van der Waals surface area contributed by atoms with Crippen LogP contribution in [0.1, 0.15) is 12.8 Å². The minimum Gasteiger partial charge on any atom is -0.389 e. The molecule has 0 saturated heterocycles. The van der Waals surface area contributed by atoms with Gasteiger partial charge in [-0.05, 0) is 18.9 Å². The van der Waals surface area contributed by atoms with Gasteiger partial charge in [0.15, 0.2) is 0 Å². The van der Waals surface area contributed by atoms with E-state index in [1.54, 1.807) is 6.08 Å². The van der Waals surface area contributed by atoms with Crippen LogP contribution >= 0.6 is 23.2 Å². The van der Waals surface area contributed by atoms with Crippen molar-refractivity contribution in [2.75, 3.05) is 0 Å². The Morgan fingerprint density at radius 1 is 1.60 bits per heavy atom. The van der Waals surface area contributed by atoms with E-state index >= 15 is 0 Å². The van der Waals surface area contributed by atoms with Crippen molar-refractivity contribution in [3.63, 3.8) is 0 Å². The van der Waals surface area contributed by atoms with Gasteiger partial charge in [0.2, 0.25) is 0 Å². The zero-order valence-electron chi connectivity index (χ0n) is 5.56. The van der Waals surface area contributed by atoms with E-state index in [4.69, 9.17) is 28.3 Å². The molecule has 0 fully saturated rings. The Labute approximate surface area is 71.0 Å². The monoisotopic (exact) mass is 180 g/mol. The van der Waals surface area contributed by atoms with Crippen LogP contribution in [0, 0.1) is 0 Å². The minimum absolute atomic E-state index is 0.108. The molecular formula is C7H10Cl2O. The first-order valence-electron chi connectivity index (χ1n) is 2.98. The minimum atomic E-state index is -0.553. The zero-order chi connectivity index (χ0) is 7.98. The smallest absolute Gasteiger partial charge is 0.105 e. The third-order valence-corrected chi connectivity index (χ3v) is 1.24. The molecule has 0 aliphatic heterocycles. The van der Waals surface area contributed by atoms with Crippen LogP contribution in [-0.4, -0.2) is 11.2 Å². The molecule has 0 radical (unpaired) electrons. The first-order valence-corrected chi connectivity index (χ1v) is 3.74. The van der Waals surface area contributed by atoms with E-state index in [1.807, 2.05) is 0 Å².